The molecule has 3 heteroatoms. The standard InChI is InChI=1S/C27H23NO2/c1-3-27-20-13-6-4-11-18(20)22(19-12-5-7-14-21(19)27)23-24(27)26(30)28(25(23)29)17-10-8-9-16(2)15-17/h4-15,22-24H,3H2,1-2H3/t22?,23-,24-,27?/m0/s1. The second-order valence-corrected chi connectivity index (χ2v) is 8.83. The summed E-state index contributed by atoms with van der Waals surface area (Å²) < 4.78 is 0. The van der Waals surface area contributed by atoms with E-state index < -0.39 is 5.41 Å². The van der Waals surface area contributed by atoms with Crippen molar-refractivity contribution in [3.8, 4) is 0 Å². The predicted octanol–water partition coefficient (Wildman–Crippen LogP) is 4.96. The van der Waals surface area contributed by atoms with Crippen LogP contribution in [0, 0.1) is 18.8 Å². The van der Waals surface area contributed by atoms with Crippen LogP contribution in [0.15, 0.2) is 72.8 Å². The molecule has 3 aromatic carbocycles. The third kappa shape index (κ3) is 1.91. The number of carbonyl (C=O) groups is 2. The minimum Gasteiger partial charge on any atom is -0.274 e. The Morgan fingerprint density at radius 2 is 1.47 bits per heavy atom. The number of hydrogen-bond acceptors (Lipinski definition) is 2. The van der Waals surface area contributed by atoms with Crippen LogP contribution in [0.5, 0.6) is 0 Å². The molecule has 0 spiro atoms. The van der Waals surface area contributed by atoms with Crippen molar-refractivity contribution in [2.45, 2.75) is 31.6 Å². The zero-order valence-corrected chi connectivity index (χ0v) is 17.1. The molecule has 2 atom stereocenters. The van der Waals surface area contributed by atoms with E-state index in [9.17, 15) is 9.59 Å². The number of amides is 2. The van der Waals surface area contributed by atoms with E-state index in [1.807, 2.05) is 31.2 Å². The summed E-state index contributed by atoms with van der Waals surface area (Å²) in [7, 11) is 0. The molecule has 148 valence electrons. The minimum absolute atomic E-state index is 0.0496. The summed E-state index contributed by atoms with van der Waals surface area (Å²) in [6, 6.07) is 24.6. The molecule has 3 aliphatic carbocycles. The van der Waals surface area contributed by atoms with Crippen molar-refractivity contribution in [2.75, 3.05) is 4.90 Å². The van der Waals surface area contributed by atoms with Crippen LogP contribution in [0.25, 0.3) is 0 Å². The van der Waals surface area contributed by atoms with E-state index in [1.54, 1.807) is 0 Å². The van der Waals surface area contributed by atoms with Gasteiger partial charge in [-0.1, -0.05) is 67.6 Å². The molecule has 7 rings (SSSR count). The van der Waals surface area contributed by atoms with Gasteiger partial charge in [0, 0.05) is 11.3 Å². The smallest absolute Gasteiger partial charge is 0.238 e. The highest BCUT2D eigenvalue weighted by atomic mass is 16.2. The summed E-state index contributed by atoms with van der Waals surface area (Å²) in [4.78, 5) is 29.2. The molecule has 1 saturated heterocycles. The number of benzene rings is 3. The molecule has 2 amide bonds. The molecule has 3 nitrogen and oxygen atoms in total. The van der Waals surface area contributed by atoms with E-state index in [2.05, 4.69) is 55.5 Å². The molecule has 0 unspecified atom stereocenters. The third-order valence-electron chi connectivity index (χ3n) is 7.61. The Morgan fingerprint density at radius 3 is 2.07 bits per heavy atom. The Bertz CT molecular complexity index is 1180. The fraction of sp³-hybridized carbons (Fsp3) is 0.259. The van der Waals surface area contributed by atoms with Crippen LogP contribution in [-0.2, 0) is 15.0 Å². The lowest BCUT2D eigenvalue weighted by atomic mass is 9.46. The summed E-state index contributed by atoms with van der Waals surface area (Å²) in [5.74, 6) is -0.871. The fourth-order valence-corrected chi connectivity index (χ4v) is 6.55. The van der Waals surface area contributed by atoms with Crippen LogP contribution in [0.2, 0.25) is 0 Å². The average Bonchev–Trinajstić information content (AvgIpc) is 3.05. The van der Waals surface area contributed by atoms with E-state index in [0.717, 1.165) is 12.0 Å². The Morgan fingerprint density at radius 1 is 0.833 bits per heavy atom. The molecule has 0 saturated carbocycles. The molecule has 0 radical (unpaired) electrons. The Labute approximate surface area is 176 Å². The van der Waals surface area contributed by atoms with Crippen LogP contribution >= 0.6 is 0 Å². The molecule has 1 heterocycles. The molecule has 0 aromatic heterocycles. The first kappa shape index (κ1) is 17.6. The molecule has 2 bridgehead atoms. The topological polar surface area (TPSA) is 37.4 Å². The maximum atomic E-state index is 13.9. The molecular weight excluding hydrogens is 370 g/mol. The molecule has 4 aliphatic rings. The van der Waals surface area contributed by atoms with Gasteiger partial charge < -0.3 is 0 Å². The van der Waals surface area contributed by atoms with E-state index >= 15 is 0 Å². The van der Waals surface area contributed by atoms with Crippen LogP contribution in [0.4, 0.5) is 5.69 Å². The van der Waals surface area contributed by atoms with Gasteiger partial charge in [0.05, 0.1) is 17.5 Å². The zero-order chi connectivity index (χ0) is 20.6. The zero-order valence-electron chi connectivity index (χ0n) is 17.1. The predicted molar refractivity (Wildman–Crippen MR) is 116 cm³/mol. The lowest BCUT2D eigenvalue weighted by molar-refractivity contribution is -0.123. The lowest BCUT2D eigenvalue weighted by Gasteiger charge is -2.54. The van der Waals surface area contributed by atoms with Crippen LogP contribution in [-0.4, -0.2) is 11.8 Å². The van der Waals surface area contributed by atoms with E-state index in [1.165, 1.54) is 27.2 Å². The first-order valence-corrected chi connectivity index (χ1v) is 10.7. The van der Waals surface area contributed by atoms with Gasteiger partial charge in [0.2, 0.25) is 11.8 Å². The molecule has 30 heavy (non-hydrogen) atoms. The van der Waals surface area contributed by atoms with E-state index in [4.69, 9.17) is 0 Å². The Kier molecular flexibility index (Phi) is 3.48. The van der Waals surface area contributed by atoms with Gasteiger partial charge in [-0.3, -0.25) is 9.59 Å². The molecule has 3 aromatic rings. The summed E-state index contributed by atoms with van der Waals surface area (Å²) in [5.41, 5.74) is 6.16. The van der Waals surface area contributed by atoms with Gasteiger partial charge in [-0.25, -0.2) is 4.90 Å². The lowest BCUT2D eigenvalue weighted by Crippen LogP contribution is -2.53. The molecule has 0 N–H and O–H groups in total. The summed E-state index contributed by atoms with van der Waals surface area (Å²) in [5, 5.41) is 0. The van der Waals surface area contributed by atoms with Gasteiger partial charge in [-0.2, -0.15) is 0 Å². The monoisotopic (exact) mass is 393 g/mol. The van der Waals surface area contributed by atoms with Crippen molar-refractivity contribution in [1.82, 2.24) is 0 Å². The van der Waals surface area contributed by atoms with Gasteiger partial charge in [-0.05, 0) is 53.3 Å². The quantitative estimate of drug-likeness (QED) is 0.578. The van der Waals surface area contributed by atoms with E-state index in [-0.39, 0.29) is 29.6 Å². The van der Waals surface area contributed by atoms with E-state index in [0.29, 0.717) is 5.69 Å². The average molecular weight is 393 g/mol. The highest BCUT2D eigenvalue weighted by Gasteiger charge is 2.67. The van der Waals surface area contributed by atoms with Crippen LogP contribution in [0.3, 0.4) is 0 Å². The van der Waals surface area contributed by atoms with Crippen molar-refractivity contribution in [3.05, 3.63) is 101 Å². The number of rotatable bonds is 2. The number of hydrogen-bond donors (Lipinski definition) is 0. The van der Waals surface area contributed by atoms with Crippen LogP contribution < -0.4 is 4.90 Å². The normalized spacial score (nSPS) is 28.3. The number of carbonyl (C=O) groups excluding carboxylic acids is 2. The first-order valence-electron chi connectivity index (χ1n) is 10.7. The number of nitrogens with zero attached hydrogens (tertiary/aromatic N) is 1. The van der Waals surface area contributed by atoms with Crippen LogP contribution in [0.1, 0.15) is 47.1 Å². The van der Waals surface area contributed by atoms with Gasteiger partial charge in [0.1, 0.15) is 0 Å². The maximum Gasteiger partial charge on any atom is 0.238 e. The molecular formula is C27H23NO2. The summed E-state index contributed by atoms with van der Waals surface area (Å²) in [6.45, 7) is 4.15. The molecule has 1 fully saturated rings. The van der Waals surface area contributed by atoms with Crippen molar-refractivity contribution in [3.63, 3.8) is 0 Å². The minimum atomic E-state index is -0.460. The first-order chi connectivity index (χ1) is 14.6. The highest BCUT2D eigenvalue weighted by Crippen LogP contribution is 2.65. The second-order valence-electron chi connectivity index (χ2n) is 8.83. The highest BCUT2D eigenvalue weighted by molar-refractivity contribution is 6.23. The largest absolute Gasteiger partial charge is 0.274 e. The van der Waals surface area contributed by atoms with Gasteiger partial charge >= 0.3 is 0 Å². The Hall–Kier alpha value is -3.20. The SMILES string of the molecule is CCC12c3ccccc3C(c3ccccc31)[C@@H]1C(=O)N(c3cccc(C)c3)C(=O)[C@H]12. The van der Waals surface area contributed by atoms with Gasteiger partial charge in [0.15, 0.2) is 0 Å². The summed E-state index contributed by atoms with van der Waals surface area (Å²) in [6.07, 6.45) is 0.787. The van der Waals surface area contributed by atoms with Gasteiger partial charge in [-0.15, -0.1) is 0 Å². The third-order valence-corrected chi connectivity index (χ3v) is 7.61. The van der Waals surface area contributed by atoms with Crippen molar-refractivity contribution in [1.29, 1.82) is 0 Å². The molecule has 1 aliphatic heterocycles. The maximum absolute atomic E-state index is 13.9. The van der Waals surface area contributed by atoms with Crippen molar-refractivity contribution in [2.24, 2.45) is 11.8 Å². The van der Waals surface area contributed by atoms with Crippen molar-refractivity contribution < 1.29 is 9.59 Å². The van der Waals surface area contributed by atoms with Crippen molar-refractivity contribution >= 4 is 17.5 Å². The second kappa shape index (κ2) is 5.91. The summed E-state index contributed by atoms with van der Waals surface area (Å²) >= 11 is 0. The number of imide groups is 1. The Balaban J connectivity index is 1.65. The number of aryl methyl sites for hydroxylation is 1. The number of anilines is 1. The fourth-order valence-electron chi connectivity index (χ4n) is 6.55. The van der Waals surface area contributed by atoms with Gasteiger partial charge in [0.25, 0.3) is 0 Å².